The van der Waals surface area contributed by atoms with Crippen LogP contribution in [0.15, 0.2) is 64.2 Å². The van der Waals surface area contributed by atoms with E-state index in [1.807, 2.05) is 32.0 Å². The highest BCUT2D eigenvalue weighted by atomic mass is 79.9. The van der Waals surface area contributed by atoms with Crippen LogP contribution in [0.3, 0.4) is 0 Å². The van der Waals surface area contributed by atoms with Crippen molar-refractivity contribution in [2.75, 3.05) is 24.4 Å². The van der Waals surface area contributed by atoms with Crippen molar-refractivity contribution >= 4 is 62.8 Å². The first-order valence-corrected chi connectivity index (χ1v) is 12.1. The Morgan fingerprint density at radius 2 is 1.68 bits per heavy atom. The van der Waals surface area contributed by atoms with Crippen molar-refractivity contribution in [3.63, 3.8) is 0 Å². The van der Waals surface area contributed by atoms with Gasteiger partial charge in [-0.3, -0.25) is 14.4 Å². The Labute approximate surface area is 227 Å². The molecule has 0 bridgehead atoms. The Morgan fingerprint density at radius 1 is 1.00 bits per heavy atom. The van der Waals surface area contributed by atoms with E-state index in [0.29, 0.717) is 37.9 Å². The minimum atomic E-state index is -0.920. The molecular weight excluding hydrogens is 564 g/mol. The molecule has 0 saturated carbocycles. The first-order valence-electron chi connectivity index (χ1n) is 10.9. The third-order valence-corrected chi connectivity index (χ3v) is 5.87. The van der Waals surface area contributed by atoms with Crippen LogP contribution in [0.4, 0.5) is 11.4 Å². The highest BCUT2D eigenvalue weighted by Crippen LogP contribution is 2.36. The van der Waals surface area contributed by atoms with E-state index in [9.17, 15) is 14.4 Å². The van der Waals surface area contributed by atoms with E-state index < -0.39 is 11.8 Å². The zero-order valence-corrected chi connectivity index (χ0v) is 22.6. The number of nitrogens with one attached hydrogen (secondary N) is 3. The van der Waals surface area contributed by atoms with E-state index >= 15 is 0 Å². The van der Waals surface area contributed by atoms with Crippen LogP contribution < -0.4 is 25.5 Å². The number of rotatable bonds is 8. The molecular formula is C26H24BrClN4O5. The average Bonchev–Trinajstić information content (AvgIpc) is 2.86. The Balaban J connectivity index is 1.59. The first-order chi connectivity index (χ1) is 17.7. The second kappa shape index (κ2) is 12.9. The van der Waals surface area contributed by atoms with Gasteiger partial charge in [-0.2, -0.15) is 5.10 Å². The molecule has 3 aromatic carbocycles. The summed E-state index contributed by atoms with van der Waals surface area (Å²) in [5, 5.41) is 9.71. The number of carbonyl (C=O) groups excluding carboxylic acids is 3. The fraction of sp³-hybridized carbons (Fsp3) is 0.154. The molecule has 3 N–H and O–H groups in total. The van der Waals surface area contributed by atoms with Crippen LogP contribution in [0.5, 0.6) is 11.5 Å². The molecule has 3 aromatic rings. The number of carbonyl (C=O) groups is 3. The molecule has 0 fully saturated rings. The third-order valence-electron chi connectivity index (χ3n) is 5.03. The largest absolute Gasteiger partial charge is 0.493 e. The van der Waals surface area contributed by atoms with E-state index in [1.165, 1.54) is 13.3 Å². The van der Waals surface area contributed by atoms with Crippen molar-refractivity contribution in [1.82, 2.24) is 5.43 Å². The standard InChI is InChI=1S/C26H24BrClN4O5/c1-15-5-4-6-16(2)23(15)31-25(34)26(35)32-29-13-17-11-20(27)24(21(12-17)36-3)37-14-22(33)30-19-9-7-18(28)8-10-19/h4-13H,14H2,1-3H3,(H,30,33)(H,31,34)(H,32,35)/b29-13-. The van der Waals surface area contributed by atoms with Crippen molar-refractivity contribution in [3.8, 4) is 11.5 Å². The molecule has 0 radical (unpaired) electrons. The topological polar surface area (TPSA) is 118 Å². The SMILES string of the molecule is COc1cc(/C=N\NC(=O)C(=O)Nc2c(C)cccc2C)cc(Br)c1OCC(=O)Nc1ccc(Cl)cc1. The molecule has 37 heavy (non-hydrogen) atoms. The van der Waals surface area contributed by atoms with Crippen LogP contribution in [-0.2, 0) is 14.4 Å². The highest BCUT2D eigenvalue weighted by molar-refractivity contribution is 9.10. The third kappa shape index (κ3) is 7.80. The second-order valence-corrected chi connectivity index (χ2v) is 9.09. The lowest BCUT2D eigenvalue weighted by Gasteiger charge is -2.13. The monoisotopic (exact) mass is 586 g/mol. The van der Waals surface area contributed by atoms with Crippen molar-refractivity contribution in [2.24, 2.45) is 5.10 Å². The Kier molecular flexibility index (Phi) is 9.64. The zero-order chi connectivity index (χ0) is 26.9. The number of anilines is 2. The van der Waals surface area contributed by atoms with Gasteiger partial charge in [0.15, 0.2) is 18.1 Å². The lowest BCUT2D eigenvalue weighted by molar-refractivity contribution is -0.136. The van der Waals surface area contributed by atoms with Gasteiger partial charge >= 0.3 is 11.8 Å². The first kappa shape index (κ1) is 27.7. The molecule has 0 aliphatic heterocycles. The highest BCUT2D eigenvalue weighted by Gasteiger charge is 2.16. The van der Waals surface area contributed by atoms with Crippen LogP contribution in [0.2, 0.25) is 5.02 Å². The summed E-state index contributed by atoms with van der Waals surface area (Å²) in [5.74, 6) is -1.49. The van der Waals surface area contributed by atoms with Gasteiger partial charge in [0.1, 0.15) is 0 Å². The maximum absolute atomic E-state index is 12.2. The molecule has 0 heterocycles. The molecule has 3 amide bonds. The van der Waals surface area contributed by atoms with E-state index in [0.717, 1.165) is 11.1 Å². The lowest BCUT2D eigenvalue weighted by atomic mass is 10.1. The Hall–Kier alpha value is -3.89. The summed E-state index contributed by atoms with van der Waals surface area (Å²) in [7, 11) is 1.45. The lowest BCUT2D eigenvalue weighted by Crippen LogP contribution is -2.32. The van der Waals surface area contributed by atoms with Gasteiger partial charge in [0.2, 0.25) is 0 Å². The summed E-state index contributed by atoms with van der Waals surface area (Å²) in [6.45, 7) is 3.41. The van der Waals surface area contributed by atoms with Crippen molar-refractivity contribution in [1.29, 1.82) is 0 Å². The van der Waals surface area contributed by atoms with Crippen LogP contribution in [0, 0.1) is 13.8 Å². The summed E-state index contributed by atoms with van der Waals surface area (Å²) in [6.07, 6.45) is 1.34. The molecule has 0 aliphatic rings. The summed E-state index contributed by atoms with van der Waals surface area (Å²) < 4.78 is 11.5. The molecule has 11 heteroatoms. The molecule has 0 aliphatic carbocycles. The molecule has 3 rings (SSSR count). The zero-order valence-electron chi connectivity index (χ0n) is 20.2. The van der Waals surface area contributed by atoms with Crippen molar-refractivity contribution < 1.29 is 23.9 Å². The number of benzene rings is 3. The molecule has 0 unspecified atom stereocenters. The number of ether oxygens (including phenoxy) is 2. The fourth-order valence-electron chi connectivity index (χ4n) is 3.22. The number of halogens is 2. The quantitative estimate of drug-likeness (QED) is 0.198. The van der Waals surface area contributed by atoms with E-state index in [4.69, 9.17) is 21.1 Å². The number of hydrazone groups is 1. The van der Waals surface area contributed by atoms with Gasteiger partial charge in [-0.1, -0.05) is 29.8 Å². The number of hydrogen-bond donors (Lipinski definition) is 3. The van der Waals surface area contributed by atoms with Gasteiger partial charge in [0.25, 0.3) is 5.91 Å². The number of nitrogens with zero attached hydrogens (tertiary/aromatic N) is 1. The van der Waals surface area contributed by atoms with Gasteiger partial charge < -0.3 is 20.1 Å². The van der Waals surface area contributed by atoms with Gasteiger partial charge in [-0.15, -0.1) is 0 Å². The Bertz CT molecular complexity index is 1330. The molecule has 0 atom stereocenters. The van der Waals surface area contributed by atoms with Gasteiger partial charge in [0.05, 0.1) is 17.8 Å². The average molecular weight is 588 g/mol. The summed E-state index contributed by atoms with van der Waals surface area (Å²) in [5.41, 5.74) is 5.58. The van der Waals surface area contributed by atoms with E-state index in [-0.39, 0.29) is 12.5 Å². The Morgan fingerprint density at radius 3 is 2.32 bits per heavy atom. The van der Waals surface area contributed by atoms with Crippen molar-refractivity contribution in [2.45, 2.75) is 13.8 Å². The number of para-hydroxylation sites is 1. The number of hydrogen-bond acceptors (Lipinski definition) is 6. The maximum atomic E-state index is 12.2. The molecule has 192 valence electrons. The normalized spacial score (nSPS) is 10.6. The second-order valence-electron chi connectivity index (χ2n) is 7.80. The summed E-state index contributed by atoms with van der Waals surface area (Å²) in [4.78, 5) is 36.6. The minimum Gasteiger partial charge on any atom is -0.493 e. The summed E-state index contributed by atoms with van der Waals surface area (Å²) in [6, 6.07) is 15.5. The van der Waals surface area contributed by atoms with Crippen LogP contribution >= 0.6 is 27.5 Å². The van der Waals surface area contributed by atoms with Gasteiger partial charge in [0, 0.05) is 16.4 Å². The van der Waals surface area contributed by atoms with Crippen LogP contribution in [0.1, 0.15) is 16.7 Å². The van der Waals surface area contributed by atoms with E-state index in [2.05, 4.69) is 37.1 Å². The van der Waals surface area contributed by atoms with Crippen LogP contribution in [-0.4, -0.2) is 37.7 Å². The van der Waals surface area contributed by atoms with Gasteiger partial charge in [-0.05, 0) is 82.9 Å². The van der Waals surface area contributed by atoms with Crippen LogP contribution in [0.25, 0.3) is 0 Å². The predicted molar refractivity (Wildman–Crippen MR) is 147 cm³/mol. The number of aryl methyl sites for hydroxylation is 2. The van der Waals surface area contributed by atoms with E-state index in [1.54, 1.807) is 36.4 Å². The fourth-order valence-corrected chi connectivity index (χ4v) is 3.92. The molecule has 9 nitrogen and oxygen atoms in total. The van der Waals surface area contributed by atoms with Gasteiger partial charge in [-0.25, -0.2) is 5.43 Å². The smallest absolute Gasteiger partial charge is 0.329 e. The molecule has 0 spiro atoms. The maximum Gasteiger partial charge on any atom is 0.329 e. The number of amides is 3. The number of methoxy groups -OCH3 is 1. The molecule has 0 aromatic heterocycles. The van der Waals surface area contributed by atoms with Crippen molar-refractivity contribution in [3.05, 3.63) is 80.8 Å². The summed E-state index contributed by atoms with van der Waals surface area (Å²) >= 11 is 9.24. The minimum absolute atomic E-state index is 0.267. The predicted octanol–water partition coefficient (Wildman–Crippen LogP) is 4.83. The molecule has 0 saturated heterocycles.